The van der Waals surface area contributed by atoms with Crippen LogP contribution in [0.3, 0.4) is 0 Å². The molecule has 180 valence electrons. The molecule has 2 aromatic heterocycles. The Morgan fingerprint density at radius 3 is 2.46 bits per heavy atom. The van der Waals surface area contributed by atoms with Crippen LogP contribution in [0.25, 0.3) is 0 Å². The van der Waals surface area contributed by atoms with E-state index < -0.39 is 26.7 Å². The monoisotopic (exact) mass is 494 g/mol. The molecule has 2 aromatic carbocycles. The van der Waals surface area contributed by atoms with E-state index in [1.807, 2.05) is 0 Å². The highest BCUT2D eigenvalue weighted by Crippen LogP contribution is 2.26. The molecule has 10 heteroatoms. The lowest BCUT2D eigenvalue weighted by atomic mass is 10.1. The van der Waals surface area contributed by atoms with Crippen molar-refractivity contribution in [2.45, 2.75) is 25.2 Å². The van der Waals surface area contributed by atoms with Crippen LogP contribution in [-0.2, 0) is 22.9 Å². The molecule has 0 aliphatic carbocycles. The number of nitrogens with one attached hydrogen (secondary N) is 1. The summed E-state index contributed by atoms with van der Waals surface area (Å²) in [5.74, 6) is -0.712. The zero-order chi connectivity index (χ0) is 24.8. The number of halogens is 1. The molecule has 1 N–H and O–H groups in total. The van der Waals surface area contributed by atoms with Crippen molar-refractivity contribution in [2.75, 3.05) is 16.0 Å². The minimum Gasteiger partial charge on any atom is -0.467 e. The maximum atomic E-state index is 14.5. The number of rotatable bonds is 9. The second-order valence-electron chi connectivity index (χ2n) is 7.64. The van der Waals surface area contributed by atoms with Crippen LogP contribution >= 0.6 is 0 Å². The van der Waals surface area contributed by atoms with Gasteiger partial charge in [0.15, 0.2) is 5.69 Å². The van der Waals surface area contributed by atoms with Gasteiger partial charge in [-0.15, -0.1) is 0 Å². The number of anilines is 2. The van der Waals surface area contributed by atoms with Crippen molar-refractivity contribution in [1.82, 2.24) is 9.97 Å². The summed E-state index contributed by atoms with van der Waals surface area (Å²) in [5.41, 5.74) is 0.958. The minimum atomic E-state index is -3.78. The topological polar surface area (TPSA) is 105 Å². The average molecular weight is 495 g/mol. The smallest absolute Gasteiger partial charge is 0.276 e. The molecular formula is C25H23FN4O4S. The number of nitrogens with zero attached hydrogens (tertiary/aromatic N) is 3. The second kappa shape index (κ2) is 10.5. The molecular weight excluding hydrogens is 471 g/mol. The van der Waals surface area contributed by atoms with E-state index in [-0.39, 0.29) is 30.2 Å². The molecule has 4 rings (SSSR count). The van der Waals surface area contributed by atoms with Gasteiger partial charge in [0.1, 0.15) is 11.6 Å². The molecule has 8 nitrogen and oxygen atoms in total. The van der Waals surface area contributed by atoms with Crippen LogP contribution in [0, 0.1) is 5.82 Å². The summed E-state index contributed by atoms with van der Waals surface area (Å²) in [5, 5.41) is 2.28. The molecule has 0 radical (unpaired) electrons. The van der Waals surface area contributed by atoms with E-state index in [2.05, 4.69) is 15.3 Å². The Bertz CT molecular complexity index is 1410. The van der Waals surface area contributed by atoms with Crippen LogP contribution in [0.5, 0.6) is 0 Å². The van der Waals surface area contributed by atoms with Crippen LogP contribution in [0.4, 0.5) is 15.8 Å². The number of carbonyl (C=O) groups is 1. The van der Waals surface area contributed by atoms with E-state index in [9.17, 15) is 17.6 Å². The molecule has 35 heavy (non-hydrogen) atoms. The van der Waals surface area contributed by atoms with E-state index in [4.69, 9.17) is 4.42 Å². The number of benzene rings is 2. The van der Waals surface area contributed by atoms with Gasteiger partial charge < -0.3 is 14.6 Å². The first-order valence-electron chi connectivity index (χ1n) is 10.8. The van der Waals surface area contributed by atoms with Crippen molar-refractivity contribution >= 4 is 27.1 Å². The van der Waals surface area contributed by atoms with Crippen LogP contribution in [-0.4, -0.2) is 30.0 Å². The standard InChI is InChI=1S/C25H23FN4O4S/c1-2-35(32,33)25-27-15-22(23(29-25)24(31)28-19-10-4-3-5-11-19)30(17-20-12-8-14-34-20)16-18-9-6-7-13-21(18)26/h3-15H,2,16-17H2,1H3,(H,28,31). The Kier molecular flexibility index (Phi) is 7.21. The lowest BCUT2D eigenvalue weighted by Crippen LogP contribution is -2.28. The number of para-hydroxylation sites is 1. The third-order valence-corrected chi connectivity index (χ3v) is 6.75. The summed E-state index contributed by atoms with van der Waals surface area (Å²) in [4.78, 5) is 23.2. The molecule has 1 amide bonds. The van der Waals surface area contributed by atoms with Gasteiger partial charge in [-0.25, -0.2) is 22.8 Å². The molecule has 0 spiro atoms. The van der Waals surface area contributed by atoms with E-state index in [1.54, 1.807) is 65.6 Å². The minimum absolute atomic E-state index is 0.0578. The maximum absolute atomic E-state index is 14.5. The summed E-state index contributed by atoms with van der Waals surface area (Å²) in [7, 11) is -3.78. The summed E-state index contributed by atoms with van der Waals surface area (Å²) in [6.07, 6.45) is 2.78. The Hall–Kier alpha value is -4.05. The van der Waals surface area contributed by atoms with Crippen LogP contribution in [0.1, 0.15) is 28.7 Å². The van der Waals surface area contributed by atoms with Crippen LogP contribution < -0.4 is 10.2 Å². The third kappa shape index (κ3) is 5.72. The number of sulfone groups is 1. The van der Waals surface area contributed by atoms with Crippen LogP contribution in [0.15, 0.2) is 88.8 Å². The number of furan rings is 1. The largest absolute Gasteiger partial charge is 0.467 e. The van der Waals surface area contributed by atoms with Gasteiger partial charge in [0, 0.05) is 17.8 Å². The summed E-state index contributed by atoms with van der Waals surface area (Å²) < 4.78 is 44.9. The average Bonchev–Trinajstić information content (AvgIpc) is 3.38. The number of hydrogen-bond acceptors (Lipinski definition) is 7. The van der Waals surface area contributed by atoms with E-state index in [1.165, 1.54) is 25.5 Å². The Labute approximate surface area is 202 Å². The molecule has 4 aromatic rings. The molecule has 0 fully saturated rings. The fourth-order valence-corrected chi connectivity index (χ4v) is 4.10. The fourth-order valence-electron chi connectivity index (χ4n) is 3.40. The molecule has 0 saturated carbocycles. The molecule has 0 bridgehead atoms. The zero-order valence-electron chi connectivity index (χ0n) is 18.9. The first-order valence-corrected chi connectivity index (χ1v) is 12.5. The summed E-state index contributed by atoms with van der Waals surface area (Å²) >= 11 is 0. The SMILES string of the molecule is CCS(=O)(=O)c1ncc(N(Cc2ccco2)Cc2ccccc2F)c(C(=O)Nc2ccccc2)n1. The highest BCUT2D eigenvalue weighted by atomic mass is 32.2. The predicted octanol–water partition coefficient (Wildman–Crippen LogP) is 4.46. The van der Waals surface area contributed by atoms with Crippen molar-refractivity contribution in [3.05, 3.63) is 102 Å². The Morgan fingerprint density at radius 1 is 1.03 bits per heavy atom. The van der Waals surface area contributed by atoms with E-state index in [0.29, 0.717) is 17.0 Å². The van der Waals surface area contributed by atoms with Gasteiger partial charge in [0.05, 0.1) is 30.4 Å². The van der Waals surface area contributed by atoms with Gasteiger partial charge in [0.2, 0.25) is 15.0 Å². The van der Waals surface area contributed by atoms with Crippen molar-refractivity contribution in [3.63, 3.8) is 0 Å². The molecule has 0 aliphatic rings. The van der Waals surface area contributed by atoms with Gasteiger partial charge >= 0.3 is 0 Å². The zero-order valence-corrected chi connectivity index (χ0v) is 19.7. The van der Waals surface area contributed by atoms with Crippen molar-refractivity contribution in [2.24, 2.45) is 0 Å². The quantitative estimate of drug-likeness (QED) is 0.343. The second-order valence-corrected chi connectivity index (χ2v) is 9.81. The lowest BCUT2D eigenvalue weighted by Gasteiger charge is -2.25. The fraction of sp³-hybridized carbons (Fsp3) is 0.160. The van der Waals surface area contributed by atoms with Gasteiger partial charge in [-0.1, -0.05) is 43.3 Å². The number of hydrogen-bond donors (Lipinski definition) is 1. The van der Waals surface area contributed by atoms with E-state index >= 15 is 0 Å². The molecule has 0 saturated heterocycles. The molecule has 0 atom stereocenters. The number of amides is 1. The Balaban J connectivity index is 1.81. The Morgan fingerprint density at radius 2 is 1.77 bits per heavy atom. The highest BCUT2D eigenvalue weighted by Gasteiger charge is 2.25. The number of aromatic nitrogens is 2. The highest BCUT2D eigenvalue weighted by molar-refractivity contribution is 7.91. The van der Waals surface area contributed by atoms with Gasteiger partial charge in [-0.05, 0) is 30.3 Å². The van der Waals surface area contributed by atoms with Gasteiger partial charge in [-0.3, -0.25) is 4.79 Å². The van der Waals surface area contributed by atoms with E-state index in [0.717, 1.165) is 0 Å². The first kappa shape index (κ1) is 24.1. The molecule has 0 unspecified atom stereocenters. The molecule has 2 heterocycles. The predicted molar refractivity (Wildman–Crippen MR) is 129 cm³/mol. The van der Waals surface area contributed by atoms with Crippen LogP contribution in [0.2, 0.25) is 0 Å². The number of carbonyl (C=O) groups excluding carboxylic acids is 1. The maximum Gasteiger partial charge on any atom is 0.276 e. The van der Waals surface area contributed by atoms with Gasteiger partial charge in [-0.2, -0.15) is 0 Å². The van der Waals surface area contributed by atoms with Crippen molar-refractivity contribution in [1.29, 1.82) is 0 Å². The molecule has 0 aliphatic heterocycles. The lowest BCUT2D eigenvalue weighted by molar-refractivity contribution is 0.102. The summed E-state index contributed by atoms with van der Waals surface area (Å²) in [6, 6.07) is 18.4. The van der Waals surface area contributed by atoms with Crippen molar-refractivity contribution in [3.8, 4) is 0 Å². The van der Waals surface area contributed by atoms with Gasteiger partial charge in [0.25, 0.3) is 5.91 Å². The summed E-state index contributed by atoms with van der Waals surface area (Å²) in [6.45, 7) is 1.69. The first-order chi connectivity index (χ1) is 16.9. The normalized spacial score (nSPS) is 11.3. The van der Waals surface area contributed by atoms with Crippen molar-refractivity contribution < 1.29 is 22.0 Å². The third-order valence-electron chi connectivity index (χ3n) is 5.24.